The summed E-state index contributed by atoms with van der Waals surface area (Å²) in [7, 11) is 1.52. The average Bonchev–Trinajstić information content (AvgIpc) is 2.71. The van der Waals surface area contributed by atoms with Gasteiger partial charge in [-0.2, -0.15) is 0 Å². The largest absolute Gasteiger partial charge is 0.493 e. The highest BCUT2D eigenvalue weighted by molar-refractivity contribution is 5.99. The van der Waals surface area contributed by atoms with Gasteiger partial charge in [-0.25, -0.2) is 4.39 Å². The second kappa shape index (κ2) is 10.6. The quantitative estimate of drug-likeness (QED) is 0.660. The van der Waals surface area contributed by atoms with E-state index < -0.39 is 0 Å². The first-order valence-electron chi connectivity index (χ1n) is 9.88. The fourth-order valence-corrected chi connectivity index (χ4v) is 2.72. The van der Waals surface area contributed by atoms with Gasteiger partial charge in [0.2, 0.25) is 5.91 Å². The zero-order valence-electron chi connectivity index (χ0n) is 18.1. The van der Waals surface area contributed by atoms with Gasteiger partial charge in [0, 0.05) is 17.3 Å². The second-order valence-electron chi connectivity index (χ2n) is 7.65. The van der Waals surface area contributed by atoms with E-state index in [1.165, 1.54) is 36.3 Å². The molecule has 2 aromatic rings. The van der Waals surface area contributed by atoms with Crippen LogP contribution in [0, 0.1) is 11.7 Å². The molecule has 0 bridgehead atoms. The van der Waals surface area contributed by atoms with Crippen LogP contribution >= 0.6 is 0 Å². The highest BCUT2D eigenvalue weighted by atomic mass is 19.1. The number of carbonyl (C=O) groups excluding carboxylic acids is 2. The number of nitrogens with one attached hydrogen (secondary N) is 1. The summed E-state index contributed by atoms with van der Waals surface area (Å²) in [5.74, 6) is 0.322. The van der Waals surface area contributed by atoms with Gasteiger partial charge >= 0.3 is 0 Å². The molecule has 0 saturated heterocycles. The zero-order chi connectivity index (χ0) is 22.3. The molecule has 0 aromatic heterocycles. The Bertz CT molecular complexity index is 866. The minimum Gasteiger partial charge on any atom is -0.493 e. The van der Waals surface area contributed by atoms with E-state index in [0.717, 1.165) is 0 Å². The highest BCUT2D eigenvalue weighted by Crippen LogP contribution is 2.29. The predicted molar refractivity (Wildman–Crippen MR) is 115 cm³/mol. The molecule has 2 rings (SSSR count). The Morgan fingerprint density at radius 2 is 1.70 bits per heavy atom. The molecule has 0 atom stereocenters. The van der Waals surface area contributed by atoms with Gasteiger partial charge in [0.15, 0.2) is 11.5 Å². The number of benzene rings is 2. The number of amides is 2. The lowest BCUT2D eigenvalue weighted by molar-refractivity contribution is -0.117. The Labute approximate surface area is 177 Å². The molecule has 0 aliphatic heterocycles. The first-order chi connectivity index (χ1) is 14.2. The van der Waals surface area contributed by atoms with E-state index in [2.05, 4.69) is 5.32 Å². The number of hydrogen-bond acceptors (Lipinski definition) is 4. The number of rotatable bonds is 9. The molecule has 6 nitrogen and oxygen atoms in total. The van der Waals surface area contributed by atoms with Crippen LogP contribution in [-0.2, 0) is 4.79 Å². The molecule has 0 radical (unpaired) electrons. The maximum absolute atomic E-state index is 13.1. The van der Waals surface area contributed by atoms with Crippen LogP contribution < -0.4 is 14.8 Å². The number of ether oxygens (including phenoxy) is 2. The van der Waals surface area contributed by atoms with Crippen molar-refractivity contribution in [3.63, 3.8) is 0 Å². The molecule has 162 valence electrons. The smallest absolute Gasteiger partial charge is 0.254 e. The molecular weight excluding hydrogens is 387 g/mol. The van der Waals surface area contributed by atoms with Crippen LogP contribution in [0.25, 0.3) is 0 Å². The predicted octanol–water partition coefficient (Wildman–Crippen LogP) is 4.36. The molecule has 30 heavy (non-hydrogen) atoms. The van der Waals surface area contributed by atoms with Gasteiger partial charge in [0.1, 0.15) is 12.4 Å². The van der Waals surface area contributed by atoms with Gasteiger partial charge in [-0.15, -0.1) is 0 Å². The number of methoxy groups -OCH3 is 1. The molecule has 0 aliphatic carbocycles. The number of nitrogens with zero attached hydrogens (tertiary/aromatic N) is 1. The van der Waals surface area contributed by atoms with Crippen molar-refractivity contribution in [1.82, 2.24) is 4.90 Å². The molecule has 0 spiro atoms. The molecule has 1 N–H and O–H groups in total. The van der Waals surface area contributed by atoms with Gasteiger partial charge in [0.05, 0.1) is 13.7 Å². The van der Waals surface area contributed by atoms with E-state index >= 15 is 0 Å². The maximum atomic E-state index is 13.1. The van der Waals surface area contributed by atoms with Crippen molar-refractivity contribution < 1.29 is 23.5 Å². The molecule has 0 aliphatic rings. The molecule has 2 aromatic carbocycles. The summed E-state index contributed by atoms with van der Waals surface area (Å²) in [6.45, 7) is 8.15. The number of anilines is 1. The van der Waals surface area contributed by atoms with Crippen LogP contribution in [0.5, 0.6) is 11.5 Å². The molecular formula is C23H29FN2O4. The van der Waals surface area contributed by atoms with Gasteiger partial charge in [-0.05, 0) is 62.2 Å². The molecule has 0 heterocycles. The van der Waals surface area contributed by atoms with E-state index in [-0.39, 0.29) is 30.2 Å². The SMILES string of the molecule is COc1cc(C(=O)N(CC(=O)Nc2ccc(F)cc2)C(C)C)ccc1OCC(C)C. The summed E-state index contributed by atoms with van der Waals surface area (Å²) in [5, 5.41) is 2.68. The summed E-state index contributed by atoms with van der Waals surface area (Å²) in [5.41, 5.74) is 0.859. The van der Waals surface area contributed by atoms with Crippen molar-refractivity contribution in [2.45, 2.75) is 33.7 Å². The van der Waals surface area contributed by atoms with E-state index in [1.54, 1.807) is 18.2 Å². The van der Waals surface area contributed by atoms with Crippen molar-refractivity contribution >= 4 is 17.5 Å². The molecule has 2 amide bonds. The summed E-state index contributed by atoms with van der Waals surface area (Å²) >= 11 is 0. The fourth-order valence-electron chi connectivity index (χ4n) is 2.72. The van der Waals surface area contributed by atoms with Crippen molar-refractivity contribution in [3.8, 4) is 11.5 Å². The highest BCUT2D eigenvalue weighted by Gasteiger charge is 2.23. The Morgan fingerprint density at radius 1 is 1.03 bits per heavy atom. The summed E-state index contributed by atoms with van der Waals surface area (Å²) < 4.78 is 24.1. The van der Waals surface area contributed by atoms with Crippen molar-refractivity contribution in [2.24, 2.45) is 5.92 Å². The molecule has 0 fully saturated rings. The third-order valence-electron chi connectivity index (χ3n) is 4.31. The molecule has 0 unspecified atom stereocenters. The number of hydrogen-bond donors (Lipinski definition) is 1. The standard InChI is InChI=1S/C23H29FN2O4/c1-15(2)14-30-20-11-6-17(12-21(20)29-5)23(28)26(16(3)4)13-22(27)25-19-9-7-18(24)8-10-19/h6-12,15-16H,13-14H2,1-5H3,(H,25,27). The van der Waals surface area contributed by atoms with Gasteiger partial charge in [0.25, 0.3) is 5.91 Å². The number of halogens is 1. The Morgan fingerprint density at radius 3 is 2.27 bits per heavy atom. The maximum Gasteiger partial charge on any atom is 0.254 e. The van der Waals surface area contributed by atoms with Crippen LogP contribution in [0.3, 0.4) is 0 Å². The topological polar surface area (TPSA) is 67.9 Å². The van der Waals surface area contributed by atoms with E-state index in [4.69, 9.17) is 9.47 Å². The third kappa shape index (κ3) is 6.47. The summed E-state index contributed by atoms with van der Waals surface area (Å²) in [4.78, 5) is 27.0. The lowest BCUT2D eigenvalue weighted by Gasteiger charge is -2.26. The van der Waals surface area contributed by atoms with Crippen LogP contribution in [0.15, 0.2) is 42.5 Å². The fraction of sp³-hybridized carbons (Fsp3) is 0.391. The Hall–Kier alpha value is -3.09. The van der Waals surface area contributed by atoms with E-state index in [1.807, 2.05) is 27.7 Å². The normalized spacial score (nSPS) is 10.8. The monoisotopic (exact) mass is 416 g/mol. The zero-order valence-corrected chi connectivity index (χ0v) is 18.1. The second-order valence-corrected chi connectivity index (χ2v) is 7.65. The Balaban J connectivity index is 2.13. The minimum atomic E-state index is -0.387. The van der Waals surface area contributed by atoms with Crippen molar-refractivity contribution in [2.75, 3.05) is 25.6 Å². The van der Waals surface area contributed by atoms with Gasteiger partial charge in [-0.1, -0.05) is 13.8 Å². The average molecular weight is 416 g/mol. The lowest BCUT2D eigenvalue weighted by atomic mass is 10.1. The summed E-state index contributed by atoms with van der Waals surface area (Å²) in [6.07, 6.45) is 0. The summed E-state index contributed by atoms with van der Waals surface area (Å²) in [6, 6.07) is 10.2. The first-order valence-corrected chi connectivity index (χ1v) is 9.88. The van der Waals surface area contributed by atoms with Crippen molar-refractivity contribution in [3.05, 3.63) is 53.8 Å². The van der Waals surface area contributed by atoms with Gasteiger partial charge in [-0.3, -0.25) is 9.59 Å². The lowest BCUT2D eigenvalue weighted by Crippen LogP contribution is -2.42. The van der Waals surface area contributed by atoms with Gasteiger partial charge < -0.3 is 19.7 Å². The van der Waals surface area contributed by atoms with E-state index in [9.17, 15) is 14.0 Å². The van der Waals surface area contributed by atoms with E-state index in [0.29, 0.717) is 35.3 Å². The first kappa shape index (κ1) is 23.2. The molecule has 7 heteroatoms. The van der Waals surface area contributed by atoms with Crippen LogP contribution in [0.4, 0.5) is 10.1 Å². The number of carbonyl (C=O) groups is 2. The third-order valence-corrected chi connectivity index (χ3v) is 4.31. The van der Waals surface area contributed by atoms with Crippen LogP contribution in [-0.4, -0.2) is 43.0 Å². The molecule has 0 saturated carbocycles. The van der Waals surface area contributed by atoms with Crippen molar-refractivity contribution in [1.29, 1.82) is 0 Å². The Kier molecular flexibility index (Phi) is 8.21. The minimum absolute atomic E-state index is 0.137. The van der Waals surface area contributed by atoms with Crippen LogP contribution in [0.1, 0.15) is 38.1 Å². The van der Waals surface area contributed by atoms with Crippen LogP contribution in [0.2, 0.25) is 0 Å².